The van der Waals surface area contributed by atoms with E-state index in [0.717, 1.165) is 0 Å². The Hall–Kier alpha value is 0.434. The molecule has 0 atom stereocenters. The van der Waals surface area contributed by atoms with Crippen molar-refractivity contribution < 1.29 is 0 Å². The lowest BCUT2D eigenvalue weighted by molar-refractivity contribution is 0.828. The second-order valence-electron chi connectivity index (χ2n) is 6.88. The summed E-state index contributed by atoms with van der Waals surface area (Å²) in [6.45, 7) is 9.47. The molecule has 122 valence electrons. The smallest absolute Gasteiger partial charge is 0.0364 e. The molecule has 0 fully saturated rings. The van der Waals surface area contributed by atoms with Crippen molar-refractivity contribution in [1.82, 2.24) is 0 Å². The molecule has 0 N–H and O–H groups in total. The molecule has 0 aromatic rings. The van der Waals surface area contributed by atoms with Crippen molar-refractivity contribution in [3.63, 3.8) is 0 Å². The fraction of sp³-hybridized carbons (Fsp3) is 1.00. The number of hydrogen-bond donors (Lipinski definition) is 0. The van der Waals surface area contributed by atoms with Crippen LogP contribution in [0.1, 0.15) is 79.1 Å². The van der Waals surface area contributed by atoms with Crippen molar-refractivity contribution in [3.8, 4) is 0 Å². The molecule has 0 nitrogen and oxygen atoms in total. The minimum absolute atomic E-state index is 0.358. The van der Waals surface area contributed by atoms with Crippen LogP contribution in [0.2, 0.25) is 36.3 Å². The molecule has 0 aliphatic carbocycles. The van der Waals surface area contributed by atoms with Crippen LogP contribution in [0, 0.1) is 0 Å². The molecule has 0 amide bonds. The van der Waals surface area contributed by atoms with Crippen LogP contribution in [0.5, 0.6) is 0 Å². The Morgan fingerprint density at radius 2 is 0.650 bits per heavy atom. The zero-order valence-corrected chi connectivity index (χ0v) is 17.4. The van der Waals surface area contributed by atoms with Gasteiger partial charge in [0.05, 0.1) is 0 Å². The first-order valence-electron chi connectivity index (χ1n) is 9.78. The molecule has 0 saturated carbocycles. The van der Waals surface area contributed by atoms with E-state index in [1.54, 1.807) is 36.3 Å². The van der Waals surface area contributed by atoms with Gasteiger partial charge in [-0.1, -0.05) is 115 Å². The van der Waals surface area contributed by atoms with Crippen molar-refractivity contribution in [2.45, 2.75) is 115 Å². The SMILES string of the molecule is CCCC[SiH](CCCC)CC[SiH](CCCC)CCCC. The monoisotopic (exact) mass is 314 g/mol. The molecule has 0 bridgehead atoms. The van der Waals surface area contributed by atoms with Gasteiger partial charge in [-0.25, -0.2) is 0 Å². The van der Waals surface area contributed by atoms with Crippen molar-refractivity contribution in [1.29, 1.82) is 0 Å². The van der Waals surface area contributed by atoms with Crippen molar-refractivity contribution in [2.75, 3.05) is 0 Å². The maximum atomic E-state index is 2.37. The molecule has 0 saturated heterocycles. The predicted molar refractivity (Wildman–Crippen MR) is 103 cm³/mol. The molecule has 0 aromatic heterocycles. The Balaban J connectivity index is 4.05. The number of hydrogen-bond acceptors (Lipinski definition) is 0. The predicted octanol–water partition coefficient (Wildman–Crippen LogP) is 6.64. The largest absolute Gasteiger partial charge is 0.0654 e. The molecular formula is C18H42Si2. The first kappa shape index (κ1) is 20.4. The zero-order chi connectivity index (χ0) is 15.1. The fourth-order valence-corrected chi connectivity index (χ4v) is 12.8. The number of rotatable bonds is 15. The summed E-state index contributed by atoms with van der Waals surface area (Å²) in [5.74, 6) is 0. The third kappa shape index (κ3) is 12.2. The summed E-state index contributed by atoms with van der Waals surface area (Å²) < 4.78 is 0. The van der Waals surface area contributed by atoms with Gasteiger partial charge in [0.1, 0.15) is 0 Å². The summed E-state index contributed by atoms with van der Waals surface area (Å²) in [5.41, 5.74) is 0. The maximum Gasteiger partial charge on any atom is 0.0364 e. The van der Waals surface area contributed by atoms with E-state index in [-0.39, 0.29) is 17.6 Å². The minimum atomic E-state index is -0.358. The van der Waals surface area contributed by atoms with Crippen LogP contribution >= 0.6 is 0 Å². The van der Waals surface area contributed by atoms with Gasteiger partial charge in [0.2, 0.25) is 0 Å². The van der Waals surface area contributed by atoms with E-state index in [9.17, 15) is 0 Å². The van der Waals surface area contributed by atoms with Crippen LogP contribution in [0.15, 0.2) is 0 Å². The molecule has 0 rings (SSSR count). The average molecular weight is 315 g/mol. The van der Waals surface area contributed by atoms with Gasteiger partial charge < -0.3 is 0 Å². The Kier molecular flexibility index (Phi) is 16.2. The van der Waals surface area contributed by atoms with Crippen LogP contribution in [0.25, 0.3) is 0 Å². The van der Waals surface area contributed by atoms with E-state index in [1.165, 1.54) is 51.4 Å². The molecule has 0 aliphatic rings. The minimum Gasteiger partial charge on any atom is -0.0654 e. The molecule has 0 spiro atoms. The van der Waals surface area contributed by atoms with Gasteiger partial charge in [-0.2, -0.15) is 0 Å². The summed E-state index contributed by atoms with van der Waals surface area (Å²) in [7, 11) is -0.717. The summed E-state index contributed by atoms with van der Waals surface area (Å²) >= 11 is 0. The van der Waals surface area contributed by atoms with Crippen LogP contribution in [0.4, 0.5) is 0 Å². The second kappa shape index (κ2) is 15.8. The van der Waals surface area contributed by atoms with Crippen molar-refractivity contribution in [2.24, 2.45) is 0 Å². The van der Waals surface area contributed by atoms with Gasteiger partial charge in [-0.3, -0.25) is 0 Å². The first-order valence-corrected chi connectivity index (χ1v) is 14.7. The zero-order valence-electron chi connectivity index (χ0n) is 15.1. The highest BCUT2D eigenvalue weighted by Crippen LogP contribution is 2.21. The summed E-state index contributed by atoms with van der Waals surface area (Å²) in [6, 6.07) is 10.0. The molecule has 0 radical (unpaired) electrons. The van der Waals surface area contributed by atoms with E-state index >= 15 is 0 Å². The fourth-order valence-electron chi connectivity index (χ4n) is 3.31. The van der Waals surface area contributed by atoms with Crippen LogP contribution in [0.3, 0.4) is 0 Å². The van der Waals surface area contributed by atoms with Crippen LogP contribution in [-0.4, -0.2) is 17.6 Å². The van der Waals surface area contributed by atoms with E-state index in [4.69, 9.17) is 0 Å². The van der Waals surface area contributed by atoms with Gasteiger partial charge in [-0.15, -0.1) is 0 Å². The molecule has 0 aromatic carbocycles. The highest BCUT2D eigenvalue weighted by molar-refractivity contribution is 6.64. The summed E-state index contributed by atoms with van der Waals surface area (Å²) in [4.78, 5) is 0. The highest BCUT2D eigenvalue weighted by atomic mass is 28.3. The van der Waals surface area contributed by atoms with E-state index in [0.29, 0.717) is 0 Å². The average Bonchev–Trinajstić information content (AvgIpc) is 2.48. The Labute approximate surface area is 133 Å². The van der Waals surface area contributed by atoms with Crippen molar-refractivity contribution >= 4 is 17.6 Å². The highest BCUT2D eigenvalue weighted by Gasteiger charge is 2.15. The summed E-state index contributed by atoms with van der Waals surface area (Å²) in [5, 5.41) is 0. The third-order valence-electron chi connectivity index (χ3n) is 4.85. The molecule has 2 heteroatoms. The third-order valence-corrected chi connectivity index (χ3v) is 12.7. The second-order valence-corrected chi connectivity index (χ2v) is 13.8. The van der Waals surface area contributed by atoms with Gasteiger partial charge in [0.25, 0.3) is 0 Å². The van der Waals surface area contributed by atoms with E-state index < -0.39 is 0 Å². The van der Waals surface area contributed by atoms with Gasteiger partial charge >= 0.3 is 0 Å². The lowest BCUT2D eigenvalue weighted by Gasteiger charge is -2.19. The topological polar surface area (TPSA) is 0 Å². The van der Waals surface area contributed by atoms with Crippen LogP contribution in [-0.2, 0) is 0 Å². The van der Waals surface area contributed by atoms with Crippen LogP contribution < -0.4 is 0 Å². The molecule has 0 aliphatic heterocycles. The lowest BCUT2D eigenvalue weighted by atomic mass is 10.4. The molecule has 0 unspecified atom stereocenters. The Bertz CT molecular complexity index is 146. The Morgan fingerprint density at radius 3 is 0.850 bits per heavy atom. The lowest BCUT2D eigenvalue weighted by Crippen LogP contribution is -2.18. The Morgan fingerprint density at radius 1 is 0.400 bits per heavy atom. The van der Waals surface area contributed by atoms with E-state index in [2.05, 4.69) is 27.7 Å². The van der Waals surface area contributed by atoms with Gasteiger partial charge in [-0.05, 0) is 0 Å². The van der Waals surface area contributed by atoms with Crippen molar-refractivity contribution in [3.05, 3.63) is 0 Å². The maximum absolute atomic E-state index is 2.37. The molecule has 20 heavy (non-hydrogen) atoms. The quantitative estimate of drug-likeness (QED) is 0.297. The normalized spacial score (nSPS) is 11.7. The molecule has 0 heterocycles. The number of unbranched alkanes of at least 4 members (excludes halogenated alkanes) is 4. The standard InChI is InChI=1S/C18H42Si2/c1-5-9-13-19(14-10-6-2)17-18-20(15-11-7-3)16-12-8-4/h19-20H,5-18H2,1-4H3. The first-order chi connectivity index (χ1) is 9.78. The van der Waals surface area contributed by atoms with Gasteiger partial charge in [0.15, 0.2) is 0 Å². The summed E-state index contributed by atoms with van der Waals surface area (Å²) in [6.07, 6.45) is 11.8. The van der Waals surface area contributed by atoms with Gasteiger partial charge in [0, 0.05) is 17.6 Å². The molecular weight excluding hydrogens is 272 g/mol. The van der Waals surface area contributed by atoms with E-state index in [1.807, 2.05) is 0 Å².